The van der Waals surface area contributed by atoms with E-state index in [1.54, 1.807) is 53.2 Å². The number of pyridine rings is 1. The lowest BCUT2D eigenvalue weighted by Crippen LogP contribution is -2.30. The molecule has 0 fully saturated rings. The first-order valence-corrected chi connectivity index (χ1v) is 9.73. The average molecular weight is 416 g/mol. The Morgan fingerprint density at radius 2 is 1.93 bits per heavy atom. The number of hydrogen-bond acceptors (Lipinski definition) is 5. The number of carbonyl (C=O) groups is 2. The number of benzene rings is 1. The number of nitrogens with zero attached hydrogens (tertiary/aromatic N) is 2. The highest BCUT2D eigenvalue weighted by atomic mass is 35.5. The Labute approximate surface area is 173 Å². The molecule has 2 heterocycles. The fraction of sp³-hybridized carbons (Fsp3) is 0.286. The van der Waals surface area contributed by atoms with Crippen molar-refractivity contribution in [3.63, 3.8) is 0 Å². The summed E-state index contributed by atoms with van der Waals surface area (Å²) in [6.45, 7) is 2.52. The van der Waals surface area contributed by atoms with Crippen LogP contribution in [-0.4, -0.2) is 34.4 Å². The van der Waals surface area contributed by atoms with Gasteiger partial charge in [0.05, 0.1) is 17.3 Å². The SMILES string of the molecule is CCCCOc1ccc(C(=O)NCC(=O)OCc2cn3cc(Cl)ccc3n2)cc1. The molecule has 1 aromatic carbocycles. The summed E-state index contributed by atoms with van der Waals surface area (Å²) in [5, 5.41) is 3.13. The van der Waals surface area contributed by atoms with E-state index in [4.69, 9.17) is 21.1 Å². The molecule has 0 spiro atoms. The van der Waals surface area contributed by atoms with Crippen molar-refractivity contribution in [2.75, 3.05) is 13.2 Å². The minimum absolute atomic E-state index is 0.0117. The van der Waals surface area contributed by atoms with Crippen LogP contribution in [0.5, 0.6) is 5.75 Å². The predicted molar refractivity (Wildman–Crippen MR) is 109 cm³/mol. The number of hydrogen-bond donors (Lipinski definition) is 1. The van der Waals surface area contributed by atoms with Gasteiger partial charge in [0.15, 0.2) is 0 Å². The molecule has 0 saturated heterocycles. The zero-order valence-corrected chi connectivity index (χ0v) is 16.8. The van der Waals surface area contributed by atoms with Gasteiger partial charge in [-0.3, -0.25) is 9.59 Å². The smallest absolute Gasteiger partial charge is 0.325 e. The maximum absolute atomic E-state index is 12.2. The molecular formula is C21H22ClN3O4. The fourth-order valence-corrected chi connectivity index (χ4v) is 2.75. The van der Waals surface area contributed by atoms with Crippen LogP contribution < -0.4 is 10.1 Å². The number of nitrogens with one attached hydrogen (secondary N) is 1. The number of fused-ring (bicyclic) bond motifs is 1. The van der Waals surface area contributed by atoms with E-state index >= 15 is 0 Å². The van der Waals surface area contributed by atoms with Crippen molar-refractivity contribution in [3.8, 4) is 5.75 Å². The third kappa shape index (κ3) is 5.96. The van der Waals surface area contributed by atoms with E-state index in [-0.39, 0.29) is 19.1 Å². The monoisotopic (exact) mass is 415 g/mol. The molecule has 0 aliphatic carbocycles. The van der Waals surface area contributed by atoms with Gasteiger partial charge in [-0.2, -0.15) is 0 Å². The van der Waals surface area contributed by atoms with E-state index in [0.29, 0.717) is 34.3 Å². The molecule has 0 unspecified atom stereocenters. The van der Waals surface area contributed by atoms with Gasteiger partial charge in [0.25, 0.3) is 5.91 Å². The van der Waals surface area contributed by atoms with E-state index < -0.39 is 5.97 Å². The second-order valence-electron chi connectivity index (χ2n) is 6.41. The number of aromatic nitrogens is 2. The summed E-state index contributed by atoms with van der Waals surface area (Å²) in [5.41, 5.74) is 1.74. The van der Waals surface area contributed by atoms with E-state index in [0.717, 1.165) is 12.8 Å². The number of esters is 1. The van der Waals surface area contributed by atoms with Crippen molar-refractivity contribution in [1.82, 2.24) is 14.7 Å². The topological polar surface area (TPSA) is 81.9 Å². The van der Waals surface area contributed by atoms with Crippen molar-refractivity contribution in [2.45, 2.75) is 26.4 Å². The van der Waals surface area contributed by atoms with Gasteiger partial charge < -0.3 is 19.2 Å². The molecule has 29 heavy (non-hydrogen) atoms. The Bertz CT molecular complexity index is 985. The number of imidazole rings is 1. The van der Waals surface area contributed by atoms with Crippen LogP contribution in [0.2, 0.25) is 5.02 Å². The molecule has 0 bridgehead atoms. The van der Waals surface area contributed by atoms with E-state index in [2.05, 4.69) is 17.2 Å². The van der Waals surface area contributed by atoms with Gasteiger partial charge in [0.2, 0.25) is 0 Å². The normalized spacial score (nSPS) is 10.7. The van der Waals surface area contributed by atoms with E-state index in [9.17, 15) is 9.59 Å². The van der Waals surface area contributed by atoms with Crippen molar-refractivity contribution in [2.24, 2.45) is 0 Å². The molecule has 0 aliphatic heterocycles. The number of carbonyl (C=O) groups excluding carboxylic acids is 2. The van der Waals surface area contributed by atoms with Crippen LogP contribution in [0, 0.1) is 0 Å². The Hall–Kier alpha value is -3.06. The quantitative estimate of drug-likeness (QED) is 0.426. The summed E-state index contributed by atoms with van der Waals surface area (Å²) >= 11 is 5.93. The van der Waals surface area contributed by atoms with Gasteiger partial charge in [0, 0.05) is 18.0 Å². The molecule has 3 rings (SSSR count). The average Bonchev–Trinajstić information content (AvgIpc) is 3.13. The Morgan fingerprint density at radius 1 is 1.14 bits per heavy atom. The van der Waals surface area contributed by atoms with Crippen LogP contribution in [0.1, 0.15) is 35.8 Å². The van der Waals surface area contributed by atoms with Gasteiger partial charge in [0.1, 0.15) is 24.5 Å². The molecule has 7 nitrogen and oxygen atoms in total. The summed E-state index contributed by atoms with van der Waals surface area (Å²) in [4.78, 5) is 28.4. The lowest BCUT2D eigenvalue weighted by molar-refractivity contribution is -0.143. The third-order valence-corrected chi connectivity index (χ3v) is 4.35. The standard InChI is InChI=1S/C21H22ClN3O4/c1-2-3-10-28-18-7-4-15(5-8-18)21(27)23-11-20(26)29-14-17-13-25-12-16(22)6-9-19(25)24-17/h4-9,12-13H,2-3,10-11,14H2,1H3,(H,23,27). The summed E-state index contributed by atoms with van der Waals surface area (Å²) in [7, 11) is 0. The molecule has 152 valence electrons. The van der Waals surface area contributed by atoms with E-state index in [1.165, 1.54) is 0 Å². The van der Waals surface area contributed by atoms with Crippen LogP contribution in [-0.2, 0) is 16.1 Å². The van der Waals surface area contributed by atoms with Crippen LogP contribution in [0.3, 0.4) is 0 Å². The van der Waals surface area contributed by atoms with Gasteiger partial charge >= 0.3 is 5.97 Å². The van der Waals surface area contributed by atoms with Crippen molar-refractivity contribution >= 4 is 29.1 Å². The molecular weight excluding hydrogens is 394 g/mol. The molecule has 0 radical (unpaired) electrons. The Balaban J connectivity index is 1.44. The Morgan fingerprint density at radius 3 is 2.69 bits per heavy atom. The molecule has 0 atom stereocenters. The highest BCUT2D eigenvalue weighted by Gasteiger charge is 2.10. The first-order valence-electron chi connectivity index (χ1n) is 9.35. The molecule has 8 heteroatoms. The number of rotatable bonds is 9. The van der Waals surface area contributed by atoms with Crippen LogP contribution in [0.15, 0.2) is 48.8 Å². The minimum Gasteiger partial charge on any atom is -0.494 e. The number of unbranched alkanes of at least 4 members (excludes halogenated alkanes) is 1. The van der Waals surface area contributed by atoms with Crippen LogP contribution >= 0.6 is 11.6 Å². The van der Waals surface area contributed by atoms with Gasteiger partial charge in [-0.1, -0.05) is 24.9 Å². The third-order valence-electron chi connectivity index (χ3n) is 4.12. The summed E-state index contributed by atoms with van der Waals surface area (Å²) < 4.78 is 12.5. The molecule has 1 amide bonds. The summed E-state index contributed by atoms with van der Waals surface area (Å²) in [6, 6.07) is 10.3. The lowest BCUT2D eigenvalue weighted by Gasteiger charge is -2.07. The zero-order chi connectivity index (χ0) is 20.6. The number of halogens is 1. The van der Waals surface area contributed by atoms with Gasteiger partial charge in [-0.15, -0.1) is 0 Å². The fourth-order valence-electron chi connectivity index (χ4n) is 2.58. The summed E-state index contributed by atoms with van der Waals surface area (Å²) in [6.07, 6.45) is 5.49. The predicted octanol–water partition coefficient (Wildman–Crippen LogP) is 3.64. The second kappa shape index (κ2) is 9.93. The lowest BCUT2D eigenvalue weighted by atomic mass is 10.2. The minimum atomic E-state index is -0.548. The first kappa shape index (κ1) is 20.7. The Kier molecular flexibility index (Phi) is 7.08. The number of ether oxygens (including phenoxy) is 2. The molecule has 0 saturated carbocycles. The summed E-state index contributed by atoms with van der Waals surface area (Å²) in [5.74, 6) is -0.194. The molecule has 1 N–H and O–H groups in total. The zero-order valence-electron chi connectivity index (χ0n) is 16.1. The molecule has 0 aliphatic rings. The van der Waals surface area contributed by atoms with Crippen molar-refractivity contribution in [1.29, 1.82) is 0 Å². The first-order chi connectivity index (χ1) is 14.0. The second-order valence-corrected chi connectivity index (χ2v) is 6.85. The molecule has 3 aromatic rings. The maximum atomic E-state index is 12.2. The van der Waals surface area contributed by atoms with Crippen LogP contribution in [0.4, 0.5) is 0 Å². The van der Waals surface area contributed by atoms with Crippen molar-refractivity contribution < 1.29 is 19.1 Å². The van der Waals surface area contributed by atoms with Crippen molar-refractivity contribution in [3.05, 3.63) is 65.1 Å². The molecule has 2 aromatic heterocycles. The highest BCUT2D eigenvalue weighted by Crippen LogP contribution is 2.13. The number of amides is 1. The largest absolute Gasteiger partial charge is 0.494 e. The van der Waals surface area contributed by atoms with Gasteiger partial charge in [-0.05, 0) is 42.8 Å². The van der Waals surface area contributed by atoms with Gasteiger partial charge in [-0.25, -0.2) is 4.98 Å². The van der Waals surface area contributed by atoms with E-state index in [1.807, 2.05) is 0 Å². The highest BCUT2D eigenvalue weighted by molar-refractivity contribution is 6.30. The maximum Gasteiger partial charge on any atom is 0.325 e. The van der Waals surface area contributed by atoms with Crippen LogP contribution in [0.25, 0.3) is 5.65 Å².